The van der Waals surface area contributed by atoms with Crippen LogP contribution in [0.3, 0.4) is 0 Å². The molecule has 2 aliphatic carbocycles. The van der Waals surface area contributed by atoms with Gasteiger partial charge in [-0.15, -0.1) is 0 Å². The number of nitro groups is 1. The van der Waals surface area contributed by atoms with Crippen LogP contribution in [0.2, 0.25) is 0 Å². The first-order valence-electron chi connectivity index (χ1n) is 26.0. The average molecular weight is 1000 g/mol. The monoisotopic (exact) mass is 1000 g/mol. The maximum atomic E-state index is 14.4. The lowest BCUT2D eigenvalue weighted by molar-refractivity contribution is -0.384. The third kappa shape index (κ3) is 9.59. The summed E-state index contributed by atoms with van der Waals surface area (Å²) in [7, 11) is -4.69. The zero-order valence-corrected chi connectivity index (χ0v) is 42.6. The second kappa shape index (κ2) is 19.2. The molecule has 2 saturated carbocycles. The molecule has 6 heterocycles. The number of carbonyl (C=O) groups is 1. The van der Waals surface area contributed by atoms with Crippen LogP contribution in [0.15, 0.2) is 77.8 Å². The van der Waals surface area contributed by atoms with E-state index in [1.807, 2.05) is 12.1 Å². The lowest BCUT2D eigenvalue weighted by atomic mass is 9.59. The number of pyridine rings is 1. The van der Waals surface area contributed by atoms with Gasteiger partial charge < -0.3 is 34.1 Å². The van der Waals surface area contributed by atoms with E-state index in [1.165, 1.54) is 42.9 Å². The maximum absolute atomic E-state index is 14.4. The largest absolute Gasteiger partial charge is 0.489 e. The van der Waals surface area contributed by atoms with Crippen LogP contribution in [0.1, 0.15) is 132 Å². The highest BCUT2D eigenvalue weighted by Gasteiger charge is 2.50. The van der Waals surface area contributed by atoms with E-state index < -0.39 is 31.4 Å². The van der Waals surface area contributed by atoms with Gasteiger partial charge in [-0.1, -0.05) is 52.0 Å². The van der Waals surface area contributed by atoms with Crippen molar-refractivity contribution < 1.29 is 37.1 Å². The minimum absolute atomic E-state index is 0.0408. The summed E-state index contributed by atoms with van der Waals surface area (Å²) in [6.07, 6.45) is 13.0. The van der Waals surface area contributed by atoms with Crippen molar-refractivity contribution in [1.29, 1.82) is 0 Å². The zero-order valence-electron chi connectivity index (χ0n) is 41.8. The summed E-state index contributed by atoms with van der Waals surface area (Å²) >= 11 is 0. The Kier molecular flexibility index (Phi) is 12.9. The first-order valence-corrected chi connectivity index (χ1v) is 27.5. The molecular weight excluding hydrogens is 935 g/mol. The normalized spacial score (nSPS) is 23.3. The highest BCUT2D eigenvalue weighted by Crippen LogP contribution is 2.55. The quantitative estimate of drug-likeness (QED) is 0.0747. The maximum Gasteiger partial charge on any atom is 0.297 e. The summed E-state index contributed by atoms with van der Waals surface area (Å²) < 4.78 is 55.3. The number of piperidine rings is 1. The van der Waals surface area contributed by atoms with Crippen molar-refractivity contribution in [3.8, 4) is 23.1 Å². The molecule has 0 bridgehead atoms. The topological polar surface area (TPSA) is 190 Å². The molecule has 382 valence electrons. The molecule has 3 atom stereocenters. The van der Waals surface area contributed by atoms with Gasteiger partial charge in [0.05, 0.1) is 34.6 Å². The number of H-pyrrole nitrogens is 1. The molecule has 17 heteroatoms. The molecule has 11 rings (SSSR count). The predicted molar refractivity (Wildman–Crippen MR) is 275 cm³/mol. The number of fused-ring (bicyclic) bond motifs is 2. The number of aromatic nitrogens is 2. The van der Waals surface area contributed by atoms with Crippen molar-refractivity contribution >= 4 is 44.0 Å². The second-order valence-electron chi connectivity index (χ2n) is 22.4. The minimum atomic E-state index is -4.69. The van der Waals surface area contributed by atoms with Crippen LogP contribution in [-0.4, -0.2) is 91.8 Å². The van der Waals surface area contributed by atoms with Crippen LogP contribution in [0.25, 0.3) is 11.0 Å². The Morgan fingerprint density at radius 3 is 2.49 bits per heavy atom. The molecule has 3 aromatic carbocycles. The molecule has 1 spiro atoms. The first kappa shape index (κ1) is 48.4. The fraction of sp³-hybridized carbons (Fsp3) is 0.527. The van der Waals surface area contributed by atoms with Gasteiger partial charge in [0, 0.05) is 67.1 Å². The minimum Gasteiger partial charge on any atom is -0.489 e. The van der Waals surface area contributed by atoms with Crippen molar-refractivity contribution in [3.63, 3.8) is 0 Å². The van der Waals surface area contributed by atoms with Gasteiger partial charge in [0.1, 0.15) is 24.1 Å². The zero-order chi connectivity index (χ0) is 49.9. The average Bonchev–Trinajstić information content (AvgIpc) is 4.16. The van der Waals surface area contributed by atoms with Crippen molar-refractivity contribution in [2.24, 2.45) is 16.7 Å². The van der Waals surface area contributed by atoms with E-state index in [-0.39, 0.29) is 69.9 Å². The third-order valence-corrected chi connectivity index (χ3v) is 18.1. The number of aromatic amines is 1. The lowest BCUT2D eigenvalue weighted by Gasteiger charge is -2.56. The highest BCUT2D eigenvalue weighted by atomic mass is 32.2. The van der Waals surface area contributed by atoms with Crippen LogP contribution < -0.4 is 29.1 Å². The summed E-state index contributed by atoms with van der Waals surface area (Å²) in [5.41, 5.74) is 4.50. The number of anilines is 2. The van der Waals surface area contributed by atoms with Crippen molar-refractivity contribution in [3.05, 3.63) is 99.7 Å². The van der Waals surface area contributed by atoms with Crippen LogP contribution in [0.4, 0.5) is 17.1 Å². The van der Waals surface area contributed by atoms with E-state index in [0.29, 0.717) is 43.3 Å². The fourth-order valence-corrected chi connectivity index (χ4v) is 13.5. The molecule has 0 unspecified atom stereocenters. The van der Waals surface area contributed by atoms with E-state index >= 15 is 0 Å². The Hall–Kier alpha value is -5.91. The molecule has 16 nitrogen and oxygen atoms in total. The van der Waals surface area contributed by atoms with Gasteiger partial charge in [-0.05, 0) is 129 Å². The van der Waals surface area contributed by atoms with Crippen LogP contribution in [-0.2, 0) is 14.8 Å². The van der Waals surface area contributed by atoms with E-state index in [0.717, 1.165) is 75.3 Å². The Labute approximate surface area is 421 Å². The summed E-state index contributed by atoms with van der Waals surface area (Å²) in [6.45, 7) is 13.0. The smallest absolute Gasteiger partial charge is 0.297 e. The Bertz CT molecular complexity index is 2960. The number of ether oxygens (including phenoxy) is 4. The lowest BCUT2D eigenvalue weighted by Crippen LogP contribution is -2.54. The summed E-state index contributed by atoms with van der Waals surface area (Å²) in [6, 6.07) is 20.9. The van der Waals surface area contributed by atoms with E-state index in [2.05, 4.69) is 76.8 Å². The molecule has 0 radical (unpaired) electrons. The number of hydrogen-bond acceptors (Lipinski definition) is 13. The summed E-state index contributed by atoms with van der Waals surface area (Å²) in [5.74, 6) is 0.329. The number of sulfonamides is 1. The third-order valence-electron chi connectivity index (χ3n) is 16.8. The number of likely N-dealkylation sites (tertiary alicyclic amines) is 1. The van der Waals surface area contributed by atoms with E-state index in [1.54, 1.807) is 24.4 Å². The fourth-order valence-electron chi connectivity index (χ4n) is 12.5. The number of nitrogens with zero attached hydrogens (tertiary/aromatic N) is 4. The van der Waals surface area contributed by atoms with Gasteiger partial charge >= 0.3 is 0 Å². The molecule has 5 fully saturated rings. The van der Waals surface area contributed by atoms with Gasteiger partial charge in [-0.25, -0.2) is 13.1 Å². The van der Waals surface area contributed by atoms with Crippen LogP contribution in [0.5, 0.6) is 23.1 Å². The van der Waals surface area contributed by atoms with Gasteiger partial charge in [0.2, 0.25) is 0 Å². The van der Waals surface area contributed by atoms with E-state index in [9.17, 15) is 23.3 Å². The molecule has 72 heavy (non-hydrogen) atoms. The number of carbonyl (C=O) groups excluding carboxylic acids is 1. The molecule has 4 aliphatic heterocycles. The summed E-state index contributed by atoms with van der Waals surface area (Å²) in [5, 5.41) is 16.6. The number of nitrogens with one attached hydrogen (secondary N) is 3. The van der Waals surface area contributed by atoms with Crippen molar-refractivity contribution in [1.82, 2.24) is 19.6 Å². The predicted octanol–water partition coefficient (Wildman–Crippen LogP) is 10.6. The highest BCUT2D eigenvalue weighted by molar-refractivity contribution is 7.90. The summed E-state index contributed by atoms with van der Waals surface area (Å²) in [4.78, 5) is 38.8. The van der Waals surface area contributed by atoms with E-state index in [4.69, 9.17) is 23.9 Å². The SMILES string of the molecule is CC(C)c1ccccc1[C@@H]1CCCN1C1CC2(CCN(c3ccc(C(=O)NS(=O)(=O)c4cc5c(c([N+](=O)[O-])c4)N[C@@H](C4CCC(C)(C)CC4)CO5)c(Oc4cc5cc[nH]c5nc4O[C@@H]4CCOC4)c3)CC2)C1. The van der Waals surface area contributed by atoms with Crippen molar-refractivity contribution in [2.75, 3.05) is 49.7 Å². The molecule has 1 amide bonds. The van der Waals surface area contributed by atoms with Crippen LogP contribution >= 0.6 is 0 Å². The number of amides is 1. The van der Waals surface area contributed by atoms with Crippen molar-refractivity contribution in [2.45, 2.75) is 133 Å². The number of rotatable bonds is 13. The second-order valence-corrected chi connectivity index (χ2v) is 24.1. The van der Waals surface area contributed by atoms with Gasteiger partial charge in [-0.2, -0.15) is 4.98 Å². The molecule has 3 N–H and O–H groups in total. The number of nitro benzene ring substituents is 1. The standard InChI is InChI=1S/C55H67N7O9S/c1-34(2)41-8-5-6-9-42(41)45-10-7-22-61(45)38-30-55(31-38)19-23-60(24-20-55)37-11-12-43(47(27-37)71-49-26-36-15-21-56-51(36)58-53(49)70-39-16-25-68-32-39)52(63)59-72(66,67)40-28-46(62(64)65)50-48(29-40)69-33-44(57-50)35-13-17-54(3,4)18-14-35/h5-6,8-9,11-12,15,21,26-29,34-35,38-39,44-45,57H,7,10,13-14,16-20,22-25,30-33H2,1-4H3,(H,56,58)(H,59,63)/t39-,44-,45+/m1/s1. The Morgan fingerprint density at radius 1 is 0.944 bits per heavy atom. The Morgan fingerprint density at radius 2 is 1.74 bits per heavy atom. The number of benzene rings is 3. The molecule has 3 saturated heterocycles. The van der Waals surface area contributed by atoms with Crippen LogP contribution in [0, 0.1) is 26.9 Å². The molecule has 2 aromatic heterocycles. The van der Waals surface area contributed by atoms with Gasteiger partial charge in [0.25, 0.3) is 27.5 Å². The molecule has 6 aliphatic rings. The molecular formula is C55H67N7O9S. The molecule has 5 aromatic rings. The number of hydrogen-bond donors (Lipinski definition) is 3. The Balaban J connectivity index is 0.842. The van der Waals surface area contributed by atoms with Gasteiger partial charge in [0.15, 0.2) is 17.2 Å². The van der Waals surface area contributed by atoms with Gasteiger partial charge in [-0.3, -0.25) is 19.8 Å². The first-order chi connectivity index (χ1) is 34.6.